The van der Waals surface area contributed by atoms with E-state index in [-0.39, 0.29) is 12.5 Å². The van der Waals surface area contributed by atoms with Crippen LogP contribution in [-0.2, 0) is 4.79 Å². The van der Waals surface area contributed by atoms with E-state index in [0.29, 0.717) is 45.1 Å². The molecule has 0 bridgehead atoms. The lowest BCUT2D eigenvalue weighted by molar-refractivity contribution is -0.118. The van der Waals surface area contributed by atoms with Gasteiger partial charge in [0.25, 0.3) is 5.91 Å². The molecule has 2 rings (SSSR count). The molecule has 0 saturated carbocycles. The zero-order valence-electron chi connectivity index (χ0n) is 13.8. The number of carbonyl (C=O) groups excluding carboxylic acids is 2. The maximum Gasteiger partial charge on any atom is 0.262 e. The van der Waals surface area contributed by atoms with Gasteiger partial charge >= 0.3 is 0 Å². The van der Waals surface area contributed by atoms with Gasteiger partial charge < -0.3 is 14.8 Å². The Bertz CT molecular complexity index is 795. The van der Waals surface area contributed by atoms with Crippen molar-refractivity contribution in [3.63, 3.8) is 0 Å². The van der Waals surface area contributed by atoms with Crippen molar-refractivity contribution in [3.05, 3.63) is 51.0 Å². The lowest BCUT2D eigenvalue weighted by atomic mass is 10.2. The Morgan fingerprint density at radius 2 is 2.08 bits per heavy atom. The highest BCUT2D eigenvalue weighted by Crippen LogP contribution is 2.36. The van der Waals surface area contributed by atoms with Gasteiger partial charge in [0.05, 0.1) is 11.1 Å². The fourth-order valence-corrected chi connectivity index (χ4v) is 2.87. The summed E-state index contributed by atoms with van der Waals surface area (Å²) in [5.74, 6) is 0.426. The van der Waals surface area contributed by atoms with E-state index >= 15 is 0 Å². The van der Waals surface area contributed by atoms with Crippen LogP contribution in [0.5, 0.6) is 11.5 Å². The summed E-state index contributed by atoms with van der Waals surface area (Å²) in [6, 6.07) is 8.44. The predicted molar refractivity (Wildman–Crippen MR) is 101 cm³/mol. The number of benzene rings is 2. The minimum atomic E-state index is -0.334. The van der Waals surface area contributed by atoms with Gasteiger partial charge in [-0.15, -0.1) is 0 Å². The van der Waals surface area contributed by atoms with Crippen molar-refractivity contribution in [3.8, 4) is 11.5 Å². The van der Waals surface area contributed by atoms with E-state index < -0.39 is 0 Å². The fourth-order valence-electron chi connectivity index (χ4n) is 2.13. The van der Waals surface area contributed by atoms with Crippen LogP contribution in [0.25, 0.3) is 0 Å². The van der Waals surface area contributed by atoms with Crippen LogP contribution in [0.15, 0.2) is 34.8 Å². The molecular formula is C18H17BrClNO4. The number of ether oxygens (including phenoxy) is 2. The molecular weight excluding hydrogens is 410 g/mol. The molecule has 0 unspecified atom stereocenters. The monoisotopic (exact) mass is 425 g/mol. The Morgan fingerprint density at radius 3 is 2.76 bits per heavy atom. The van der Waals surface area contributed by atoms with Gasteiger partial charge in [-0.05, 0) is 59.6 Å². The number of nitrogens with one attached hydrogen (secondary N) is 1. The Kier molecular flexibility index (Phi) is 6.84. The molecule has 0 aliphatic carbocycles. The third-order valence-electron chi connectivity index (χ3n) is 3.36. The summed E-state index contributed by atoms with van der Waals surface area (Å²) in [5, 5.41) is 3.33. The number of rotatable bonds is 7. The molecule has 5 nitrogen and oxygen atoms in total. The average molecular weight is 427 g/mol. The molecule has 0 spiro atoms. The quantitative estimate of drug-likeness (QED) is 0.655. The van der Waals surface area contributed by atoms with Gasteiger partial charge in [-0.25, -0.2) is 0 Å². The topological polar surface area (TPSA) is 64.6 Å². The molecule has 0 aliphatic rings. The van der Waals surface area contributed by atoms with Crippen molar-refractivity contribution >= 4 is 45.4 Å². The summed E-state index contributed by atoms with van der Waals surface area (Å²) >= 11 is 9.38. The van der Waals surface area contributed by atoms with Crippen LogP contribution in [0.3, 0.4) is 0 Å². The molecule has 0 saturated heterocycles. The third kappa shape index (κ3) is 4.96. The first-order valence-electron chi connectivity index (χ1n) is 7.55. The molecule has 132 valence electrons. The molecule has 0 aromatic heterocycles. The van der Waals surface area contributed by atoms with Crippen LogP contribution in [0, 0.1) is 6.92 Å². The first-order valence-corrected chi connectivity index (χ1v) is 8.72. The normalized spacial score (nSPS) is 10.2. The molecule has 0 aliphatic heterocycles. The lowest BCUT2D eigenvalue weighted by Crippen LogP contribution is -2.21. The summed E-state index contributed by atoms with van der Waals surface area (Å²) < 4.78 is 11.6. The van der Waals surface area contributed by atoms with Crippen LogP contribution < -0.4 is 14.8 Å². The molecule has 0 heterocycles. The minimum absolute atomic E-state index is 0.217. The largest absolute Gasteiger partial charge is 0.490 e. The van der Waals surface area contributed by atoms with Gasteiger partial charge in [0.2, 0.25) is 0 Å². The van der Waals surface area contributed by atoms with Gasteiger partial charge in [0, 0.05) is 16.3 Å². The van der Waals surface area contributed by atoms with E-state index in [0.717, 1.165) is 5.56 Å². The number of amides is 1. The van der Waals surface area contributed by atoms with Crippen LogP contribution in [0.4, 0.5) is 5.69 Å². The summed E-state index contributed by atoms with van der Waals surface area (Å²) in [7, 11) is 0. The van der Waals surface area contributed by atoms with Crippen LogP contribution in [0.2, 0.25) is 5.02 Å². The van der Waals surface area contributed by atoms with E-state index in [1.165, 1.54) is 0 Å². The zero-order chi connectivity index (χ0) is 18.4. The summed E-state index contributed by atoms with van der Waals surface area (Å²) in [5.41, 5.74) is 1.85. The summed E-state index contributed by atoms with van der Waals surface area (Å²) in [4.78, 5) is 23.1. The van der Waals surface area contributed by atoms with Crippen LogP contribution >= 0.6 is 27.5 Å². The average Bonchev–Trinajstić information content (AvgIpc) is 2.58. The summed E-state index contributed by atoms with van der Waals surface area (Å²) in [6.07, 6.45) is 0.714. The predicted octanol–water partition coefficient (Wildman–Crippen LogP) is 4.64. The molecule has 1 amide bonds. The highest BCUT2D eigenvalue weighted by atomic mass is 79.9. The van der Waals surface area contributed by atoms with Crippen molar-refractivity contribution in [2.24, 2.45) is 0 Å². The molecule has 25 heavy (non-hydrogen) atoms. The standard InChI is InChI=1S/C18H17BrClNO4/c1-3-24-16-8-12(9-22)7-13(19)18(16)25-10-17(23)21-15-6-4-5-14(20)11(15)2/h4-9H,3,10H2,1-2H3,(H,21,23). The number of aldehydes is 1. The number of carbonyl (C=O) groups is 2. The SMILES string of the molecule is CCOc1cc(C=O)cc(Br)c1OCC(=O)Nc1cccc(Cl)c1C. The molecule has 2 aromatic carbocycles. The highest BCUT2D eigenvalue weighted by molar-refractivity contribution is 9.10. The van der Waals surface area contributed by atoms with Crippen molar-refractivity contribution in [1.29, 1.82) is 0 Å². The molecule has 2 aromatic rings. The molecule has 1 N–H and O–H groups in total. The van der Waals surface area contributed by atoms with E-state index in [1.54, 1.807) is 30.3 Å². The number of hydrogen-bond acceptors (Lipinski definition) is 4. The van der Waals surface area contributed by atoms with E-state index in [1.807, 2.05) is 13.8 Å². The van der Waals surface area contributed by atoms with E-state index in [9.17, 15) is 9.59 Å². The van der Waals surface area contributed by atoms with E-state index in [2.05, 4.69) is 21.2 Å². The van der Waals surface area contributed by atoms with Gasteiger partial charge in [-0.2, -0.15) is 0 Å². The van der Waals surface area contributed by atoms with Gasteiger partial charge in [-0.3, -0.25) is 9.59 Å². The maximum atomic E-state index is 12.2. The second kappa shape index (κ2) is 8.87. The van der Waals surface area contributed by atoms with Crippen molar-refractivity contribution < 1.29 is 19.1 Å². The van der Waals surface area contributed by atoms with Crippen molar-refractivity contribution in [1.82, 2.24) is 0 Å². The van der Waals surface area contributed by atoms with E-state index in [4.69, 9.17) is 21.1 Å². The smallest absolute Gasteiger partial charge is 0.262 e. The summed E-state index contributed by atoms with van der Waals surface area (Å²) in [6.45, 7) is 3.82. The minimum Gasteiger partial charge on any atom is -0.490 e. The molecule has 0 atom stereocenters. The number of hydrogen-bond donors (Lipinski definition) is 1. The Labute approximate surface area is 159 Å². The molecule has 0 radical (unpaired) electrons. The zero-order valence-corrected chi connectivity index (χ0v) is 16.1. The Balaban J connectivity index is 2.11. The van der Waals surface area contributed by atoms with Crippen molar-refractivity contribution in [2.75, 3.05) is 18.5 Å². The second-order valence-electron chi connectivity index (χ2n) is 5.13. The second-order valence-corrected chi connectivity index (χ2v) is 6.39. The van der Waals surface area contributed by atoms with Gasteiger partial charge in [0.15, 0.2) is 18.1 Å². The maximum absolute atomic E-state index is 12.2. The Hall–Kier alpha value is -2.05. The third-order valence-corrected chi connectivity index (χ3v) is 4.36. The van der Waals surface area contributed by atoms with Gasteiger partial charge in [-0.1, -0.05) is 17.7 Å². The van der Waals surface area contributed by atoms with Gasteiger partial charge in [0.1, 0.15) is 6.29 Å². The Morgan fingerprint density at radius 1 is 1.32 bits per heavy atom. The molecule has 7 heteroatoms. The number of anilines is 1. The van der Waals surface area contributed by atoms with Crippen LogP contribution in [0.1, 0.15) is 22.8 Å². The number of halogens is 2. The first kappa shape index (κ1) is 19.3. The lowest BCUT2D eigenvalue weighted by Gasteiger charge is -2.15. The molecule has 0 fully saturated rings. The first-order chi connectivity index (χ1) is 12.0. The fraction of sp³-hybridized carbons (Fsp3) is 0.222. The highest BCUT2D eigenvalue weighted by Gasteiger charge is 2.14. The van der Waals surface area contributed by atoms with Crippen LogP contribution in [-0.4, -0.2) is 25.4 Å². The van der Waals surface area contributed by atoms with Crippen molar-refractivity contribution in [2.45, 2.75) is 13.8 Å².